The molecule has 0 unspecified atom stereocenters. The summed E-state index contributed by atoms with van der Waals surface area (Å²) in [5.41, 5.74) is -1.56. The van der Waals surface area contributed by atoms with E-state index in [1.54, 1.807) is 0 Å². The summed E-state index contributed by atoms with van der Waals surface area (Å²) < 4.78 is 38.1. The number of nitrogens with zero attached hydrogens (tertiary/aromatic N) is 1. The highest BCUT2D eigenvalue weighted by Gasteiger charge is 2.37. The third-order valence-electron chi connectivity index (χ3n) is 1.97. The Morgan fingerprint density at radius 3 is 2.47 bits per heavy atom. The lowest BCUT2D eigenvalue weighted by molar-refractivity contribution is -0.138. The number of nitriles is 1. The summed E-state index contributed by atoms with van der Waals surface area (Å²) in [6, 6.07) is 3.73. The molecule has 0 N–H and O–H groups in total. The van der Waals surface area contributed by atoms with Gasteiger partial charge in [-0.1, -0.05) is 15.9 Å². The summed E-state index contributed by atoms with van der Waals surface area (Å²) in [7, 11) is 0. The molecule has 0 aliphatic carbocycles. The third-order valence-corrected chi connectivity index (χ3v) is 3.60. The van der Waals surface area contributed by atoms with Gasteiger partial charge in [0.15, 0.2) is 5.78 Å². The van der Waals surface area contributed by atoms with Crippen molar-refractivity contribution in [3.63, 3.8) is 0 Å². The van der Waals surface area contributed by atoms with Gasteiger partial charge in [-0.25, -0.2) is 0 Å². The summed E-state index contributed by atoms with van der Waals surface area (Å²) in [6.07, 6.45) is -4.65. The molecule has 90 valence electrons. The number of rotatable bonds is 2. The van der Waals surface area contributed by atoms with E-state index in [-0.39, 0.29) is 14.5 Å². The minimum atomic E-state index is -4.65. The van der Waals surface area contributed by atoms with Crippen LogP contribution in [0.25, 0.3) is 0 Å². The lowest BCUT2D eigenvalue weighted by Gasteiger charge is -2.13. The molecule has 0 saturated carbocycles. The molecule has 0 aromatic heterocycles. The Labute approximate surface area is 117 Å². The molecule has 2 nitrogen and oxygen atoms in total. The number of carbonyl (C=O) groups is 1. The Balaban J connectivity index is 3.56. The summed E-state index contributed by atoms with van der Waals surface area (Å²) >= 11 is 4.34. The second-order valence-electron chi connectivity index (χ2n) is 3.02. The SMILES string of the molecule is N#Cc1ccc(C(=O)CBr)c(I)c1C(F)(F)F. The van der Waals surface area contributed by atoms with Crippen LogP contribution in [0.3, 0.4) is 0 Å². The van der Waals surface area contributed by atoms with E-state index in [1.165, 1.54) is 34.7 Å². The van der Waals surface area contributed by atoms with E-state index in [2.05, 4.69) is 15.9 Å². The van der Waals surface area contributed by atoms with Crippen molar-refractivity contribution in [3.8, 4) is 6.07 Å². The fourth-order valence-corrected chi connectivity index (χ4v) is 2.61. The maximum Gasteiger partial charge on any atom is 0.418 e. The van der Waals surface area contributed by atoms with Gasteiger partial charge in [0, 0.05) is 9.13 Å². The van der Waals surface area contributed by atoms with Crippen molar-refractivity contribution in [3.05, 3.63) is 32.4 Å². The van der Waals surface area contributed by atoms with Crippen molar-refractivity contribution in [2.75, 3.05) is 5.33 Å². The smallest absolute Gasteiger partial charge is 0.293 e. The van der Waals surface area contributed by atoms with E-state index in [0.29, 0.717) is 0 Å². The second-order valence-corrected chi connectivity index (χ2v) is 4.66. The Hall–Kier alpha value is -0.620. The molecule has 0 bridgehead atoms. The Bertz CT molecular complexity index is 507. The van der Waals surface area contributed by atoms with Crippen molar-refractivity contribution in [1.82, 2.24) is 0 Å². The van der Waals surface area contributed by atoms with E-state index < -0.39 is 23.1 Å². The minimum Gasteiger partial charge on any atom is -0.293 e. The molecule has 0 spiro atoms. The van der Waals surface area contributed by atoms with Crippen LogP contribution in [0.1, 0.15) is 21.5 Å². The van der Waals surface area contributed by atoms with Gasteiger partial charge in [0.25, 0.3) is 0 Å². The predicted molar refractivity (Wildman–Crippen MR) is 67.0 cm³/mol. The molecule has 0 fully saturated rings. The summed E-state index contributed by atoms with van der Waals surface area (Å²) in [5, 5.41) is 8.58. The molecule has 0 heterocycles. The largest absolute Gasteiger partial charge is 0.418 e. The van der Waals surface area contributed by atoms with Crippen molar-refractivity contribution in [2.24, 2.45) is 0 Å². The molecular weight excluding hydrogens is 414 g/mol. The van der Waals surface area contributed by atoms with Crippen LogP contribution >= 0.6 is 38.5 Å². The van der Waals surface area contributed by atoms with Crippen LogP contribution in [0, 0.1) is 14.9 Å². The van der Waals surface area contributed by atoms with E-state index in [4.69, 9.17) is 5.26 Å². The first kappa shape index (κ1) is 14.4. The van der Waals surface area contributed by atoms with Gasteiger partial charge in [0.2, 0.25) is 0 Å². The van der Waals surface area contributed by atoms with E-state index in [9.17, 15) is 18.0 Å². The van der Waals surface area contributed by atoms with Crippen molar-refractivity contribution in [1.29, 1.82) is 5.26 Å². The number of halogens is 5. The highest BCUT2D eigenvalue weighted by atomic mass is 127. The fourth-order valence-electron chi connectivity index (χ4n) is 1.23. The van der Waals surface area contributed by atoms with Gasteiger partial charge in [-0.2, -0.15) is 18.4 Å². The van der Waals surface area contributed by atoms with Gasteiger partial charge < -0.3 is 0 Å². The molecule has 7 heteroatoms. The zero-order valence-electron chi connectivity index (χ0n) is 8.11. The van der Waals surface area contributed by atoms with Crippen LogP contribution in [0.5, 0.6) is 0 Å². The van der Waals surface area contributed by atoms with Gasteiger partial charge in [-0.15, -0.1) is 0 Å². The molecule has 0 amide bonds. The lowest BCUT2D eigenvalue weighted by atomic mass is 10.0. The summed E-state index contributed by atoms with van der Waals surface area (Å²) in [4.78, 5) is 11.4. The van der Waals surface area contributed by atoms with Gasteiger partial charge in [-0.3, -0.25) is 4.79 Å². The van der Waals surface area contributed by atoms with Crippen LogP contribution in [0.15, 0.2) is 12.1 Å². The maximum atomic E-state index is 12.8. The first-order valence-corrected chi connectivity index (χ1v) is 6.42. The molecule has 1 aromatic rings. The predicted octanol–water partition coefficient (Wildman–Crippen LogP) is 3.76. The normalized spacial score (nSPS) is 11.1. The third kappa shape index (κ3) is 2.98. The van der Waals surface area contributed by atoms with Gasteiger partial charge in [0.05, 0.1) is 22.5 Å². The van der Waals surface area contributed by atoms with Crippen LogP contribution in [-0.4, -0.2) is 11.1 Å². The molecular formula is C10H4BrF3INO. The van der Waals surface area contributed by atoms with Crippen LogP contribution in [-0.2, 0) is 6.18 Å². The molecule has 0 radical (unpaired) electrons. The Morgan fingerprint density at radius 1 is 1.47 bits per heavy atom. The molecule has 0 aliphatic heterocycles. The monoisotopic (exact) mass is 417 g/mol. The van der Waals surface area contributed by atoms with E-state index >= 15 is 0 Å². The maximum absolute atomic E-state index is 12.8. The first-order valence-electron chi connectivity index (χ1n) is 4.22. The van der Waals surface area contributed by atoms with Crippen molar-refractivity contribution < 1.29 is 18.0 Å². The average molecular weight is 418 g/mol. The molecule has 0 atom stereocenters. The van der Waals surface area contributed by atoms with Gasteiger partial charge in [0.1, 0.15) is 0 Å². The number of ketones is 1. The molecule has 1 aromatic carbocycles. The van der Waals surface area contributed by atoms with Crippen LogP contribution < -0.4 is 0 Å². The van der Waals surface area contributed by atoms with Gasteiger partial charge in [-0.05, 0) is 34.7 Å². The highest BCUT2D eigenvalue weighted by Crippen LogP contribution is 2.36. The first-order chi connectivity index (χ1) is 7.82. The minimum absolute atomic E-state index is 0.0335. The molecule has 0 aliphatic rings. The fraction of sp³-hybridized carbons (Fsp3) is 0.200. The second kappa shape index (κ2) is 5.35. The van der Waals surface area contributed by atoms with Crippen LogP contribution in [0.4, 0.5) is 13.2 Å². The molecule has 17 heavy (non-hydrogen) atoms. The Morgan fingerprint density at radius 2 is 2.06 bits per heavy atom. The molecule has 1 rings (SSSR count). The zero-order chi connectivity index (χ0) is 13.2. The van der Waals surface area contributed by atoms with Crippen molar-refractivity contribution >= 4 is 44.3 Å². The summed E-state index contributed by atoms with van der Waals surface area (Å²) in [6.45, 7) is 0. The average Bonchev–Trinajstić information content (AvgIpc) is 2.25. The van der Waals surface area contributed by atoms with Crippen molar-refractivity contribution in [2.45, 2.75) is 6.18 Å². The number of hydrogen-bond acceptors (Lipinski definition) is 2. The number of Topliss-reactive ketones (excluding diaryl/α,β-unsaturated/α-hetero) is 1. The number of alkyl halides is 4. The summed E-state index contributed by atoms with van der Waals surface area (Å²) in [5.74, 6) is -0.454. The quantitative estimate of drug-likeness (QED) is 0.417. The lowest BCUT2D eigenvalue weighted by Crippen LogP contribution is -2.14. The number of carbonyl (C=O) groups excluding carboxylic acids is 1. The molecule has 0 saturated heterocycles. The van der Waals surface area contributed by atoms with E-state index in [0.717, 1.165) is 6.07 Å². The van der Waals surface area contributed by atoms with Gasteiger partial charge >= 0.3 is 6.18 Å². The standard InChI is InChI=1S/C10H4BrF3INO/c11-3-7(17)6-2-1-5(4-16)8(9(6)15)10(12,13)14/h1-2H,3H2. The zero-order valence-corrected chi connectivity index (χ0v) is 11.9. The number of hydrogen-bond donors (Lipinski definition) is 0. The van der Waals surface area contributed by atoms with E-state index in [1.807, 2.05) is 0 Å². The number of benzene rings is 1. The topological polar surface area (TPSA) is 40.9 Å². The van der Waals surface area contributed by atoms with Crippen LogP contribution in [0.2, 0.25) is 0 Å². The Kier molecular flexibility index (Phi) is 4.55. The highest BCUT2D eigenvalue weighted by molar-refractivity contribution is 14.1.